The number of ether oxygens (including phenoxy) is 3. The van der Waals surface area contributed by atoms with Crippen molar-refractivity contribution in [2.75, 3.05) is 12.4 Å². The number of rotatable bonds is 11. The van der Waals surface area contributed by atoms with Crippen molar-refractivity contribution in [3.05, 3.63) is 128 Å². The van der Waals surface area contributed by atoms with E-state index in [0.29, 0.717) is 29.2 Å². The van der Waals surface area contributed by atoms with Gasteiger partial charge in [0.2, 0.25) is 0 Å². The third-order valence-electron chi connectivity index (χ3n) is 6.07. The van der Waals surface area contributed by atoms with Gasteiger partial charge in [0.15, 0.2) is 11.5 Å². The first-order chi connectivity index (χ1) is 20.2. The molecule has 0 unspecified atom stereocenters. The Bertz CT molecular complexity index is 1660. The molecule has 0 saturated carbocycles. The third-order valence-corrected chi connectivity index (χ3v) is 6.35. The highest BCUT2D eigenvalue weighted by molar-refractivity contribution is 6.32. The van der Waals surface area contributed by atoms with Crippen LogP contribution in [-0.4, -0.2) is 17.9 Å². The summed E-state index contributed by atoms with van der Waals surface area (Å²) in [6, 6.07) is 25.9. The Labute approximate surface area is 247 Å². The molecule has 4 rings (SSSR count). The number of non-ortho nitro benzene ring substituents is 1. The van der Waals surface area contributed by atoms with E-state index in [1.807, 2.05) is 37.3 Å². The molecule has 10 heteroatoms. The number of hydrogen-bond donors (Lipinski definition) is 1. The number of carbonyl (C=O) groups is 1. The van der Waals surface area contributed by atoms with Crippen molar-refractivity contribution in [1.29, 1.82) is 5.26 Å². The fourth-order valence-corrected chi connectivity index (χ4v) is 4.15. The lowest BCUT2D eigenvalue weighted by Gasteiger charge is -2.13. The minimum absolute atomic E-state index is 0.00851. The summed E-state index contributed by atoms with van der Waals surface area (Å²) in [5.41, 5.74) is 3.50. The van der Waals surface area contributed by atoms with Crippen molar-refractivity contribution in [2.45, 2.75) is 20.1 Å². The van der Waals surface area contributed by atoms with Crippen molar-refractivity contribution >= 4 is 35.0 Å². The maximum atomic E-state index is 12.8. The number of benzene rings is 4. The predicted octanol–water partition coefficient (Wildman–Crippen LogP) is 7.27. The number of nitro groups is 1. The number of anilines is 1. The zero-order chi connectivity index (χ0) is 30.1. The molecular weight excluding hydrogens is 558 g/mol. The summed E-state index contributed by atoms with van der Waals surface area (Å²) in [6.07, 6.45) is 1.38. The minimum atomic E-state index is -0.605. The first-order valence-corrected chi connectivity index (χ1v) is 13.1. The van der Waals surface area contributed by atoms with E-state index >= 15 is 0 Å². The van der Waals surface area contributed by atoms with Crippen LogP contribution < -0.4 is 19.5 Å². The lowest BCUT2D eigenvalue weighted by molar-refractivity contribution is -0.384. The molecular formula is C32H26ClN3O6. The van der Waals surface area contributed by atoms with Crippen LogP contribution in [-0.2, 0) is 18.0 Å². The first-order valence-electron chi connectivity index (χ1n) is 12.7. The maximum Gasteiger partial charge on any atom is 0.269 e. The fourth-order valence-electron chi connectivity index (χ4n) is 3.88. The topological polar surface area (TPSA) is 124 Å². The number of carbonyl (C=O) groups excluding carboxylic acids is 1. The number of hydrogen-bond acceptors (Lipinski definition) is 7. The van der Waals surface area contributed by atoms with Crippen molar-refractivity contribution in [3.8, 4) is 23.3 Å². The number of methoxy groups -OCH3 is 1. The van der Waals surface area contributed by atoms with Crippen LogP contribution in [0.15, 0.2) is 90.5 Å². The maximum absolute atomic E-state index is 12.8. The van der Waals surface area contributed by atoms with Crippen LogP contribution in [0.25, 0.3) is 6.08 Å². The summed E-state index contributed by atoms with van der Waals surface area (Å²) in [7, 11) is 1.42. The van der Waals surface area contributed by atoms with Gasteiger partial charge < -0.3 is 19.5 Å². The van der Waals surface area contributed by atoms with Gasteiger partial charge in [0.25, 0.3) is 11.6 Å². The Hall–Kier alpha value is -5.33. The zero-order valence-corrected chi connectivity index (χ0v) is 23.6. The van der Waals surface area contributed by atoms with Crippen molar-refractivity contribution < 1.29 is 23.9 Å². The van der Waals surface area contributed by atoms with Crippen molar-refractivity contribution in [3.63, 3.8) is 0 Å². The molecule has 212 valence electrons. The lowest BCUT2D eigenvalue weighted by atomic mass is 10.1. The van der Waals surface area contributed by atoms with E-state index in [1.165, 1.54) is 36.9 Å². The summed E-state index contributed by atoms with van der Waals surface area (Å²) in [5, 5.41) is 23.6. The van der Waals surface area contributed by atoms with Crippen LogP contribution in [0.5, 0.6) is 17.2 Å². The summed E-state index contributed by atoms with van der Waals surface area (Å²) >= 11 is 6.45. The highest BCUT2D eigenvalue weighted by atomic mass is 35.5. The molecule has 0 spiro atoms. The number of nitriles is 1. The van der Waals surface area contributed by atoms with Crippen LogP contribution in [0.1, 0.15) is 22.3 Å². The average Bonchev–Trinajstić information content (AvgIpc) is 2.99. The van der Waals surface area contributed by atoms with Crippen LogP contribution in [0.3, 0.4) is 0 Å². The molecule has 9 nitrogen and oxygen atoms in total. The van der Waals surface area contributed by atoms with Gasteiger partial charge in [-0.25, -0.2) is 0 Å². The molecule has 0 aliphatic heterocycles. The van der Waals surface area contributed by atoms with Gasteiger partial charge in [-0.15, -0.1) is 0 Å². The molecule has 0 aliphatic rings. The number of amides is 1. The number of aryl methyl sites for hydroxylation is 1. The molecule has 0 bridgehead atoms. The summed E-state index contributed by atoms with van der Waals surface area (Å²) in [6.45, 7) is 2.45. The molecule has 1 N–H and O–H groups in total. The monoisotopic (exact) mass is 583 g/mol. The number of nitrogens with one attached hydrogen (secondary N) is 1. The van der Waals surface area contributed by atoms with Crippen LogP contribution in [0, 0.1) is 28.4 Å². The van der Waals surface area contributed by atoms with E-state index in [9.17, 15) is 20.2 Å². The molecule has 42 heavy (non-hydrogen) atoms. The lowest BCUT2D eigenvalue weighted by Crippen LogP contribution is -2.13. The standard InChI is InChI=1S/C32H26ClN3O6/c1-21-6-8-22(9-7-21)19-41-28-12-10-26(11-13-28)35-32(37)25(18-34)14-24-16-29(33)31(30(17-24)40-2)42-20-23-4-3-5-27(15-23)36(38)39/h3-17H,19-20H2,1-2H3,(H,35,37)/b25-14+. The smallest absolute Gasteiger partial charge is 0.269 e. The van der Waals surface area contributed by atoms with E-state index in [4.69, 9.17) is 25.8 Å². The zero-order valence-electron chi connectivity index (χ0n) is 22.8. The van der Waals surface area contributed by atoms with E-state index in [-0.39, 0.29) is 34.4 Å². The number of halogens is 1. The molecule has 0 aliphatic carbocycles. The molecule has 0 fully saturated rings. The van der Waals surface area contributed by atoms with Crippen molar-refractivity contribution in [1.82, 2.24) is 0 Å². The molecule has 0 radical (unpaired) electrons. The quantitative estimate of drug-likeness (QED) is 0.0852. The second-order valence-corrected chi connectivity index (χ2v) is 9.58. The first kappa shape index (κ1) is 29.6. The van der Waals surface area contributed by atoms with Crippen LogP contribution in [0.2, 0.25) is 5.02 Å². The molecule has 0 saturated heterocycles. The summed E-state index contributed by atoms with van der Waals surface area (Å²) in [4.78, 5) is 23.4. The van der Waals surface area contributed by atoms with E-state index in [2.05, 4.69) is 5.32 Å². The van der Waals surface area contributed by atoms with Gasteiger partial charge in [-0.1, -0.05) is 53.6 Å². The van der Waals surface area contributed by atoms with Gasteiger partial charge in [0.05, 0.1) is 17.1 Å². The SMILES string of the molecule is COc1cc(/C=C(\C#N)C(=O)Nc2ccc(OCc3ccc(C)cc3)cc2)cc(Cl)c1OCc1cccc([N+](=O)[O-])c1. The Morgan fingerprint density at radius 1 is 1.00 bits per heavy atom. The minimum Gasteiger partial charge on any atom is -0.493 e. The van der Waals surface area contributed by atoms with Gasteiger partial charge in [-0.2, -0.15) is 5.26 Å². The Morgan fingerprint density at radius 2 is 1.71 bits per heavy atom. The molecule has 4 aromatic rings. The number of nitro benzene ring substituents is 1. The Kier molecular flexibility index (Phi) is 9.77. The van der Waals surface area contributed by atoms with Gasteiger partial charge >= 0.3 is 0 Å². The Balaban J connectivity index is 1.42. The predicted molar refractivity (Wildman–Crippen MR) is 160 cm³/mol. The summed E-state index contributed by atoms with van der Waals surface area (Å²) < 4.78 is 17.0. The number of nitrogens with zero attached hydrogens (tertiary/aromatic N) is 2. The highest BCUT2D eigenvalue weighted by Crippen LogP contribution is 2.37. The van der Waals surface area contributed by atoms with Crippen molar-refractivity contribution in [2.24, 2.45) is 0 Å². The molecule has 4 aromatic carbocycles. The van der Waals surface area contributed by atoms with Crippen LogP contribution in [0.4, 0.5) is 11.4 Å². The highest BCUT2D eigenvalue weighted by Gasteiger charge is 2.15. The molecule has 1 amide bonds. The summed E-state index contributed by atoms with van der Waals surface area (Å²) in [5.74, 6) is 0.514. The molecule has 0 aromatic heterocycles. The average molecular weight is 584 g/mol. The normalized spacial score (nSPS) is 10.9. The van der Waals surface area contributed by atoms with Gasteiger partial charge in [-0.3, -0.25) is 14.9 Å². The van der Waals surface area contributed by atoms with Gasteiger partial charge in [-0.05, 0) is 66.1 Å². The molecule has 0 heterocycles. The van der Waals surface area contributed by atoms with Crippen LogP contribution >= 0.6 is 11.6 Å². The van der Waals surface area contributed by atoms with E-state index in [1.54, 1.807) is 42.5 Å². The fraction of sp³-hybridized carbons (Fsp3) is 0.125. The second kappa shape index (κ2) is 13.8. The molecule has 0 atom stereocenters. The van der Waals surface area contributed by atoms with Gasteiger partial charge in [0.1, 0.15) is 30.6 Å². The van der Waals surface area contributed by atoms with E-state index < -0.39 is 10.8 Å². The van der Waals surface area contributed by atoms with Gasteiger partial charge in [0, 0.05) is 17.8 Å². The largest absolute Gasteiger partial charge is 0.493 e. The third kappa shape index (κ3) is 7.87. The van der Waals surface area contributed by atoms with E-state index in [0.717, 1.165) is 5.56 Å². The second-order valence-electron chi connectivity index (χ2n) is 9.17. The Morgan fingerprint density at radius 3 is 2.38 bits per heavy atom.